The molecule has 35 heavy (non-hydrogen) atoms. The summed E-state index contributed by atoms with van der Waals surface area (Å²) in [5.74, 6) is -0.443. The van der Waals surface area contributed by atoms with E-state index in [1.807, 2.05) is 12.1 Å². The second kappa shape index (κ2) is 9.12. The first kappa shape index (κ1) is 24.1. The molecule has 0 unspecified atom stereocenters. The maximum Gasteiger partial charge on any atom is 0.243 e. The van der Waals surface area contributed by atoms with E-state index in [1.165, 1.54) is 50.3 Å². The monoisotopic (exact) mass is 531 g/mol. The molecule has 0 bridgehead atoms. The molecule has 8 nitrogen and oxygen atoms in total. The minimum atomic E-state index is -3.77. The van der Waals surface area contributed by atoms with Gasteiger partial charge in [-0.15, -0.1) is 11.3 Å². The number of thiazole rings is 1. The lowest BCUT2D eigenvalue weighted by Gasteiger charge is -2.30. The number of amides is 1. The molecule has 5 rings (SSSR count). The fourth-order valence-electron chi connectivity index (χ4n) is 4.58. The number of nitrogens with zero attached hydrogens (tertiary/aromatic N) is 2. The van der Waals surface area contributed by atoms with Gasteiger partial charge in [0.05, 0.1) is 15.5 Å². The molecule has 1 saturated heterocycles. The van der Waals surface area contributed by atoms with E-state index >= 15 is 0 Å². The Morgan fingerprint density at radius 1 is 0.971 bits per heavy atom. The van der Waals surface area contributed by atoms with Gasteiger partial charge >= 0.3 is 0 Å². The Labute approximate surface area is 209 Å². The number of fused-ring (bicyclic) bond motifs is 3. The number of piperidine rings is 1. The van der Waals surface area contributed by atoms with E-state index in [9.17, 15) is 21.6 Å². The third-order valence-corrected chi connectivity index (χ3v) is 10.6. The van der Waals surface area contributed by atoms with Crippen LogP contribution in [0.2, 0.25) is 0 Å². The predicted molar refractivity (Wildman–Crippen MR) is 135 cm³/mol. The summed E-state index contributed by atoms with van der Waals surface area (Å²) in [7, 11) is -7.17. The number of hydrogen-bond donors (Lipinski definition) is 1. The van der Waals surface area contributed by atoms with Crippen LogP contribution in [0.3, 0.4) is 0 Å². The van der Waals surface area contributed by atoms with Gasteiger partial charge in [0.2, 0.25) is 15.9 Å². The van der Waals surface area contributed by atoms with Crippen molar-refractivity contribution in [3.63, 3.8) is 0 Å². The maximum absolute atomic E-state index is 13.0. The number of sulfonamides is 1. The van der Waals surface area contributed by atoms with Crippen LogP contribution in [0, 0.1) is 5.92 Å². The number of aromatic nitrogens is 1. The normalized spacial score (nSPS) is 16.9. The Balaban J connectivity index is 1.23. The molecule has 2 aromatic carbocycles. The molecule has 2 heterocycles. The van der Waals surface area contributed by atoms with E-state index in [-0.39, 0.29) is 34.7 Å². The van der Waals surface area contributed by atoms with Crippen molar-refractivity contribution >= 4 is 42.2 Å². The molecule has 1 aliphatic carbocycles. The Morgan fingerprint density at radius 3 is 2.31 bits per heavy atom. The van der Waals surface area contributed by atoms with Crippen molar-refractivity contribution in [1.29, 1.82) is 0 Å². The van der Waals surface area contributed by atoms with Gasteiger partial charge < -0.3 is 5.32 Å². The molecule has 0 spiro atoms. The van der Waals surface area contributed by atoms with Crippen molar-refractivity contribution < 1.29 is 21.6 Å². The average Bonchev–Trinajstić information content (AvgIpc) is 3.26. The SMILES string of the molecule is CS(=O)(=O)c1ccc(S(=O)(=O)N2CCC(C(=O)Nc3nc4c(s3)CCc3ccccc3-4)CC2)cc1. The molecule has 2 aliphatic rings. The molecule has 0 atom stereocenters. The van der Waals surface area contributed by atoms with Crippen LogP contribution >= 0.6 is 11.3 Å². The first-order valence-corrected chi connectivity index (χ1v) is 15.5. The molecule has 1 fully saturated rings. The van der Waals surface area contributed by atoms with E-state index in [0.29, 0.717) is 18.0 Å². The summed E-state index contributed by atoms with van der Waals surface area (Å²) in [6, 6.07) is 13.4. The molecule has 1 amide bonds. The van der Waals surface area contributed by atoms with Gasteiger partial charge in [0, 0.05) is 35.7 Å². The lowest BCUT2D eigenvalue weighted by molar-refractivity contribution is -0.120. The molecule has 1 aromatic heterocycles. The van der Waals surface area contributed by atoms with E-state index in [4.69, 9.17) is 0 Å². The molecule has 1 N–H and O–H groups in total. The standard InChI is InChI=1S/C24H25N3O5S3/c1-34(29,30)18-7-9-19(10-8-18)35(31,32)27-14-12-17(13-15-27)23(28)26-24-25-22-20-5-3-2-4-16(20)6-11-21(22)33-24/h2-5,7-10,17H,6,11-15H2,1H3,(H,25,26,28). The first-order valence-electron chi connectivity index (χ1n) is 11.3. The number of rotatable bonds is 5. The number of aryl methyl sites for hydroxylation is 2. The molecule has 11 heteroatoms. The van der Waals surface area contributed by atoms with Crippen molar-refractivity contribution in [3.8, 4) is 11.3 Å². The van der Waals surface area contributed by atoms with E-state index in [0.717, 1.165) is 30.4 Å². The minimum Gasteiger partial charge on any atom is -0.302 e. The highest BCUT2D eigenvalue weighted by molar-refractivity contribution is 7.90. The van der Waals surface area contributed by atoms with Crippen LogP contribution in [-0.4, -0.2) is 51.4 Å². The summed E-state index contributed by atoms with van der Waals surface area (Å²) >= 11 is 1.50. The molecule has 184 valence electrons. The molecule has 1 aliphatic heterocycles. The molecule has 0 radical (unpaired) electrons. The maximum atomic E-state index is 13.0. The number of benzene rings is 2. The minimum absolute atomic E-state index is 0.0430. The van der Waals surface area contributed by atoms with Crippen LogP contribution in [0.5, 0.6) is 0 Å². The Kier molecular flexibility index (Phi) is 6.28. The van der Waals surface area contributed by atoms with Crippen molar-refractivity contribution in [2.45, 2.75) is 35.5 Å². The van der Waals surface area contributed by atoms with Crippen LogP contribution in [0.1, 0.15) is 23.3 Å². The summed E-state index contributed by atoms with van der Waals surface area (Å²) in [6.07, 6.45) is 3.75. The quantitative estimate of drug-likeness (QED) is 0.540. The number of nitrogens with one attached hydrogen (secondary N) is 1. The third-order valence-electron chi connectivity index (χ3n) is 6.54. The van der Waals surface area contributed by atoms with E-state index in [2.05, 4.69) is 22.4 Å². The van der Waals surface area contributed by atoms with E-state index < -0.39 is 19.9 Å². The average molecular weight is 532 g/mol. The van der Waals surface area contributed by atoms with Gasteiger partial charge in [-0.3, -0.25) is 4.79 Å². The van der Waals surface area contributed by atoms with Gasteiger partial charge in [-0.05, 0) is 55.5 Å². The molecule has 3 aromatic rings. The van der Waals surface area contributed by atoms with Gasteiger partial charge in [0.25, 0.3) is 0 Å². The van der Waals surface area contributed by atoms with Gasteiger partial charge in [0.15, 0.2) is 15.0 Å². The summed E-state index contributed by atoms with van der Waals surface area (Å²) in [6.45, 7) is 0.436. The number of sulfone groups is 1. The van der Waals surface area contributed by atoms with Crippen LogP contribution in [0.25, 0.3) is 11.3 Å². The Morgan fingerprint density at radius 2 is 1.63 bits per heavy atom. The van der Waals surface area contributed by atoms with Crippen molar-refractivity contribution in [1.82, 2.24) is 9.29 Å². The highest BCUT2D eigenvalue weighted by Crippen LogP contribution is 2.38. The van der Waals surface area contributed by atoms with Crippen molar-refractivity contribution in [2.75, 3.05) is 24.7 Å². The third kappa shape index (κ3) is 4.77. The first-order chi connectivity index (χ1) is 16.6. The lowest BCUT2D eigenvalue weighted by atomic mass is 9.94. The van der Waals surface area contributed by atoms with Gasteiger partial charge in [0.1, 0.15) is 0 Å². The highest BCUT2D eigenvalue weighted by Gasteiger charge is 2.33. The van der Waals surface area contributed by atoms with Crippen LogP contribution in [0.15, 0.2) is 58.3 Å². The van der Waals surface area contributed by atoms with Crippen LogP contribution < -0.4 is 5.32 Å². The zero-order valence-electron chi connectivity index (χ0n) is 19.1. The van der Waals surface area contributed by atoms with E-state index in [1.54, 1.807) is 0 Å². The fourth-order valence-corrected chi connectivity index (χ4v) is 7.65. The molecular weight excluding hydrogens is 506 g/mol. The van der Waals surface area contributed by atoms with Gasteiger partial charge in [-0.1, -0.05) is 24.3 Å². The van der Waals surface area contributed by atoms with Gasteiger partial charge in [-0.25, -0.2) is 21.8 Å². The van der Waals surface area contributed by atoms with Gasteiger partial charge in [-0.2, -0.15) is 4.31 Å². The molecular formula is C24H25N3O5S3. The Hall–Kier alpha value is -2.60. The second-order valence-corrected chi connectivity index (χ2v) is 13.9. The highest BCUT2D eigenvalue weighted by atomic mass is 32.2. The smallest absolute Gasteiger partial charge is 0.243 e. The fraction of sp³-hybridized carbons (Fsp3) is 0.333. The number of hydrogen-bond acceptors (Lipinski definition) is 7. The number of carbonyl (C=O) groups is 1. The molecule has 0 saturated carbocycles. The largest absolute Gasteiger partial charge is 0.302 e. The van der Waals surface area contributed by atoms with Crippen LogP contribution in [-0.2, 0) is 37.5 Å². The van der Waals surface area contributed by atoms with Crippen LogP contribution in [0.4, 0.5) is 5.13 Å². The number of anilines is 1. The summed E-state index contributed by atoms with van der Waals surface area (Å²) in [5.41, 5.74) is 3.33. The number of carbonyl (C=O) groups excluding carboxylic acids is 1. The topological polar surface area (TPSA) is 114 Å². The summed E-state index contributed by atoms with van der Waals surface area (Å²) < 4.78 is 50.6. The zero-order valence-corrected chi connectivity index (χ0v) is 21.5. The van der Waals surface area contributed by atoms with Crippen molar-refractivity contribution in [3.05, 3.63) is 59.0 Å². The Bertz CT molecular complexity index is 1490. The zero-order chi connectivity index (χ0) is 24.8. The summed E-state index contributed by atoms with van der Waals surface area (Å²) in [4.78, 5) is 18.9. The predicted octanol–water partition coefficient (Wildman–Crippen LogP) is 3.35. The summed E-state index contributed by atoms with van der Waals surface area (Å²) in [5, 5.41) is 3.53. The second-order valence-electron chi connectivity index (χ2n) is 8.86. The van der Waals surface area contributed by atoms with Crippen molar-refractivity contribution in [2.24, 2.45) is 5.92 Å². The lowest BCUT2D eigenvalue weighted by Crippen LogP contribution is -2.41.